The first-order valence-electron chi connectivity index (χ1n) is 6.75. The van der Waals surface area contributed by atoms with Crippen molar-refractivity contribution in [3.63, 3.8) is 0 Å². The maximum atomic E-state index is 5.16. The van der Waals surface area contributed by atoms with Gasteiger partial charge in [-0.15, -0.1) is 5.54 Å². The summed E-state index contributed by atoms with van der Waals surface area (Å²) < 4.78 is 0. The van der Waals surface area contributed by atoms with E-state index in [2.05, 4.69) is 72.0 Å². The molecule has 0 aromatic rings. The molecule has 1 aliphatic carbocycles. The number of hydrogen-bond acceptors (Lipinski definition) is 0. The maximum absolute atomic E-state index is 5.16. The van der Waals surface area contributed by atoms with Gasteiger partial charge < -0.3 is 30.1 Å². The van der Waals surface area contributed by atoms with Crippen molar-refractivity contribution in [3.05, 3.63) is 29.6 Å². The molecule has 2 atom stereocenters. The first kappa shape index (κ1) is 25.9. The number of allylic oxidation sites excluding steroid dienone is 2. The van der Waals surface area contributed by atoms with Crippen LogP contribution in [-0.4, -0.2) is 20.4 Å². The number of nitrogens with zero attached hydrogens (tertiary/aromatic N) is 1. The van der Waals surface area contributed by atoms with E-state index in [1.807, 2.05) is 0 Å². The third-order valence-electron chi connectivity index (χ3n) is 4.55. The van der Waals surface area contributed by atoms with Crippen LogP contribution in [-0.2, 0) is 21.7 Å². The Kier molecular flexibility index (Phi) is 12.8. The van der Waals surface area contributed by atoms with Gasteiger partial charge in [0, 0.05) is 8.80 Å². The summed E-state index contributed by atoms with van der Waals surface area (Å²) in [6.07, 6.45) is 8.60. The summed E-state index contributed by atoms with van der Waals surface area (Å²) in [4.78, 5) is 0. The van der Waals surface area contributed by atoms with Gasteiger partial charge >= 0.3 is 21.7 Å². The van der Waals surface area contributed by atoms with Crippen LogP contribution in [0.5, 0.6) is 0 Å². The molecule has 0 aromatic carbocycles. The van der Waals surface area contributed by atoms with E-state index in [1.54, 1.807) is 0 Å². The number of halogens is 2. The normalized spacial score (nSPS) is 18.8. The zero-order chi connectivity index (χ0) is 13.3. The zero-order valence-electron chi connectivity index (χ0n) is 13.7. The molecule has 0 spiro atoms. The average molecular weight is 369 g/mol. The molecule has 20 heavy (non-hydrogen) atoms. The molecule has 0 fully saturated rings. The van der Waals surface area contributed by atoms with Gasteiger partial charge in [-0.25, -0.2) is 0 Å². The fourth-order valence-corrected chi connectivity index (χ4v) is 4.34. The zero-order valence-corrected chi connectivity index (χ0v) is 18.0. The van der Waals surface area contributed by atoms with Crippen molar-refractivity contribution in [2.45, 2.75) is 64.8 Å². The molecule has 1 aliphatic rings. The first-order chi connectivity index (χ1) is 7.68. The second-order valence-electron chi connectivity index (χ2n) is 6.82. The molecule has 2 unspecified atom stereocenters. The second kappa shape index (κ2) is 9.86. The molecular weight excluding hydrogens is 341 g/mol. The van der Waals surface area contributed by atoms with Crippen LogP contribution in [0.3, 0.4) is 0 Å². The minimum absolute atomic E-state index is 0. The topological polar surface area (TPSA) is 14.1 Å². The number of hydrogen-bond donors (Lipinski definition) is 0. The Bertz CT molecular complexity index is 314. The van der Waals surface area contributed by atoms with Crippen LogP contribution in [0.2, 0.25) is 18.6 Å². The van der Waals surface area contributed by atoms with Gasteiger partial charge in [0.05, 0.1) is 0 Å². The van der Waals surface area contributed by atoms with E-state index in [-0.39, 0.29) is 63.5 Å². The molecule has 0 N–H and O–H groups in total. The van der Waals surface area contributed by atoms with Crippen molar-refractivity contribution < 1.29 is 46.5 Å². The minimum atomic E-state index is -0.692. The summed E-state index contributed by atoms with van der Waals surface area (Å²) in [6.45, 7) is 16.6. The van der Waals surface area contributed by atoms with E-state index in [4.69, 9.17) is 5.32 Å². The third kappa shape index (κ3) is 5.98. The minimum Gasteiger partial charge on any atom is -1.00 e. The molecule has 115 valence electrons. The molecule has 0 heterocycles. The molecule has 0 saturated heterocycles. The Morgan fingerprint density at radius 1 is 1.00 bits per heavy atom. The molecule has 1 rings (SSSR count). The van der Waals surface area contributed by atoms with Crippen LogP contribution < -0.4 is 24.8 Å². The summed E-state index contributed by atoms with van der Waals surface area (Å²) in [5.74, 6) is 0. The fourth-order valence-electron chi connectivity index (χ4n) is 2.46. The maximum Gasteiger partial charge on any atom is 3.00 e. The van der Waals surface area contributed by atoms with Gasteiger partial charge in [-0.2, -0.15) is 0 Å². The summed E-state index contributed by atoms with van der Waals surface area (Å²) in [5, 5.41) is 5.16. The van der Waals surface area contributed by atoms with Crippen LogP contribution in [0.15, 0.2) is 24.3 Å². The van der Waals surface area contributed by atoms with Crippen molar-refractivity contribution in [3.8, 4) is 0 Å². The molecule has 1 nitrogen and oxygen atoms in total. The van der Waals surface area contributed by atoms with Gasteiger partial charge in [-0.05, 0) is 0 Å². The molecule has 5 heteroatoms. The van der Waals surface area contributed by atoms with Crippen LogP contribution in [0, 0.1) is 5.41 Å². The molecule has 0 bridgehead atoms. The summed E-state index contributed by atoms with van der Waals surface area (Å²) in [6, 6.07) is 0.287. The van der Waals surface area contributed by atoms with Crippen LogP contribution in [0.4, 0.5) is 0 Å². The van der Waals surface area contributed by atoms with Gasteiger partial charge in [0.25, 0.3) is 0 Å². The molecule has 0 amide bonds. The van der Waals surface area contributed by atoms with Gasteiger partial charge in [0.2, 0.25) is 0 Å². The van der Waals surface area contributed by atoms with E-state index in [0.717, 1.165) is 0 Å². The SMILES string of the molecule is CC([SiH](C)C)C(C)([N-]C1C=CC=C1)C(C)(C)C.[Cl-].[Cl-].[Ti+3]. The standard InChI is InChI=1S/C15H28NSi.2ClH.Ti/c1-12(17(6)7)15(5,14(2,3)4)16-13-10-8-9-11-13;;;/h8-13,17H,1-7H3;2*1H;/q-1;;;+3/p-2. The van der Waals surface area contributed by atoms with Crippen LogP contribution in [0.25, 0.3) is 5.32 Å². The summed E-state index contributed by atoms with van der Waals surface area (Å²) in [7, 11) is -0.692. The molecule has 1 radical (unpaired) electrons. The Labute approximate surface area is 154 Å². The Hall–Kier alpha value is 0.951. The predicted molar refractivity (Wildman–Crippen MR) is 81.6 cm³/mol. The van der Waals surface area contributed by atoms with E-state index in [1.165, 1.54) is 0 Å². The van der Waals surface area contributed by atoms with E-state index >= 15 is 0 Å². The van der Waals surface area contributed by atoms with E-state index in [0.29, 0.717) is 5.54 Å². The average Bonchev–Trinajstić information content (AvgIpc) is 2.67. The van der Waals surface area contributed by atoms with Gasteiger partial charge in [0.1, 0.15) is 0 Å². The fraction of sp³-hybridized carbons (Fsp3) is 0.733. The predicted octanol–water partition coefficient (Wildman–Crippen LogP) is -1.46. The smallest absolute Gasteiger partial charge is 1.00 e. The first-order valence-corrected chi connectivity index (χ1v) is 9.73. The Balaban J connectivity index is -0.000000963. The van der Waals surface area contributed by atoms with Gasteiger partial charge in [-0.1, -0.05) is 89.0 Å². The molecule has 0 aliphatic heterocycles. The van der Waals surface area contributed by atoms with Crippen molar-refractivity contribution >= 4 is 8.80 Å². The number of rotatable bonds is 4. The van der Waals surface area contributed by atoms with Gasteiger partial charge in [-0.3, -0.25) is 0 Å². The van der Waals surface area contributed by atoms with Crippen molar-refractivity contribution in [2.24, 2.45) is 5.41 Å². The van der Waals surface area contributed by atoms with Crippen LogP contribution >= 0.6 is 0 Å². The summed E-state index contributed by atoms with van der Waals surface area (Å²) in [5.41, 5.74) is 0.996. The van der Waals surface area contributed by atoms with E-state index < -0.39 is 8.80 Å². The second-order valence-corrected chi connectivity index (χ2v) is 10.3. The largest absolute Gasteiger partial charge is 3.00 e. The van der Waals surface area contributed by atoms with Crippen molar-refractivity contribution in [2.75, 3.05) is 0 Å². The van der Waals surface area contributed by atoms with Crippen molar-refractivity contribution in [1.82, 2.24) is 0 Å². The third-order valence-corrected chi connectivity index (χ3v) is 7.20. The van der Waals surface area contributed by atoms with Crippen molar-refractivity contribution in [1.29, 1.82) is 0 Å². The quantitative estimate of drug-likeness (QED) is 0.538. The van der Waals surface area contributed by atoms with E-state index in [9.17, 15) is 0 Å². The molecule has 0 aromatic heterocycles. The Morgan fingerprint density at radius 2 is 1.40 bits per heavy atom. The summed E-state index contributed by atoms with van der Waals surface area (Å²) >= 11 is 0. The molecule has 0 saturated carbocycles. The molecular formula is C15H28Cl2NSiTi. The van der Waals surface area contributed by atoms with Gasteiger partial charge in [0.15, 0.2) is 0 Å². The Morgan fingerprint density at radius 3 is 1.70 bits per heavy atom. The van der Waals surface area contributed by atoms with Crippen LogP contribution in [0.1, 0.15) is 34.6 Å². The monoisotopic (exact) mass is 368 g/mol.